The van der Waals surface area contributed by atoms with Gasteiger partial charge in [0.2, 0.25) is 0 Å². The minimum absolute atomic E-state index is 0.585. The first kappa shape index (κ1) is 12.5. The zero-order valence-electron chi connectivity index (χ0n) is 9.39. The van der Waals surface area contributed by atoms with Gasteiger partial charge in [0.05, 0.1) is 0 Å². The van der Waals surface area contributed by atoms with Crippen LogP contribution in [0.2, 0.25) is 0 Å². The molecule has 3 heteroatoms. The smallest absolute Gasteiger partial charge is 0.0484 e. The molecular formula is C12H19BrN2. The molecule has 2 nitrogen and oxygen atoms in total. The summed E-state index contributed by atoms with van der Waals surface area (Å²) in [5.74, 6) is 0.585. The summed E-state index contributed by atoms with van der Waals surface area (Å²) in [5.41, 5.74) is 7.99. The summed E-state index contributed by atoms with van der Waals surface area (Å²) in [6, 6.07) is 6.33. The molecule has 1 rings (SSSR count). The first-order chi connectivity index (χ1) is 7.13. The Hall–Kier alpha value is -0.540. The van der Waals surface area contributed by atoms with Crippen molar-refractivity contribution in [3.63, 3.8) is 0 Å². The molecule has 0 aliphatic carbocycles. The van der Waals surface area contributed by atoms with Crippen molar-refractivity contribution in [3.05, 3.63) is 28.2 Å². The molecular weight excluding hydrogens is 252 g/mol. The molecule has 0 heterocycles. The van der Waals surface area contributed by atoms with Crippen LogP contribution in [0.3, 0.4) is 0 Å². The molecule has 0 spiro atoms. The van der Waals surface area contributed by atoms with Gasteiger partial charge < -0.3 is 11.1 Å². The van der Waals surface area contributed by atoms with Crippen molar-refractivity contribution in [1.82, 2.24) is 0 Å². The Bertz CT molecular complexity index is 312. The highest BCUT2D eigenvalue weighted by Gasteiger charge is 2.01. The number of benzene rings is 1. The third-order valence-electron chi connectivity index (χ3n) is 2.48. The summed E-state index contributed by atoms with van der Waals surface area (Å²) in [6.07, 6.45) is 1.11. The number of hydrogen-bond acceptors (Lipinski definition) is 2. The standard InChI is InChI=1S/C12H19BrN2/c1-9-3-4-12(11(13)7-9)15-6-5-10(2)8-14/h3-4,7,10,15H,5-6,8,14H2,1-2H3. The molecule has 15 heavy (non-hydrogen) atoms. The number of nitrogens with one attached hydrogen (secondary N) is 1. The second-order valence-corrected chi connectivity index (χ2v) is 4.89. The van der Waals surface area contributed by atoms with Gasteiger partial charge >= 0.3 is 0 Å². The summed E-state index contributed by atoms with van der Waals surface area (Å²) in [7, 11) is 0. The first-order valence-corrected chi connectivity index (χ1v) is 6.13. The molecule has 0 saturated heterocycles. The van der Waals surface area contributed by atoms with Crippen LogP contribution in [0.1, 0.15) is 18.9 Å². The summed E-state index contributed by atoms with van der Waals surface area (Å²) >= 11 is 3.54. The van der Waals surface area contributed by atoms with Crippen LogP contribution in [0.4, 0.5) is 5.69 Å². The SMILES string of the molecule is Cc1ccc(NCCC(C)CN)c(Br)c1. The maximum atomic E-state index is 5.56. The zero-order valence-corrected chi connectivity index (χ0v) is 11.0. The third kappa shape index (κ3) is 4.22. The second-order valence-electron chi connectivity index (χ2n) is 4.04. The van der Waals surface area contributed by atoms with Gasteiger partial charge in [-0.15, -0.1) is 0 Å². The topological polar surface area (TPSA) is 38.0 Å². The van der Waals surface area contributed by atoms with Gasteiger partial charge in [-0.25, -0.2) is 0 Å². The van der Waals surface area contributed by atoms with Crippen molar-refractivity contribution in [2.45, 2.75) is 20.3 Å². The highest BCUT2D eigenvalue weighted by atomic mass is 79.9. The minimum atomic E-state index is 0.585. The molecule has 1 unspecified atom stereocenters. The fourth-order valence-electron chi connectivity index (χ4n) is 1.33. The summed E-state index contributed by atoms with van der Waals surface area (Å²) in [6.45, 7) is 5.99. The number of nitrogens with two attached hydrogens (primary N) is 1. The fraction of sp³-hybridized carbons (Fsp3) is 0.500. The molecule has 1 aromatic rings. The van der Waals surface area contributed by atoms with Gasteiger partial charge in [-0.3, -0.25) is 0 Å². The van der Waals surface area contributed by atoms with Crippen LogP contribution in [0.5, 0.6) is 0 Å². The van der Waals surface area contributed by atoms with Crippen molar-refractivity contribution < 1.29 is 0 Å². The van der Waals surface area contributed by atoms with E-state index in [0.29, 0.717) is 5.92 Å². The average Bonchev–Trinajstić information content (AvgIpc) is 2.21. The van der Waals surface area contributed by atoms with Crippen LogP contribution < -0.4 is 11.1 Å². The van der Waals surface area contributed by atoms with Crippen molar-refractivity contribution in [2.24, 2.45) is 11.7 Å². The number of hydrogen-bond donors (Lipinski definition) is 2. The van der Waals surface area contributed by atoms with Crippen molar-refractivity contribution >= 4 is 21.6 Å². The van der Waals surface area contributed by atoms with E-state index in [1.54, 1.807) is 0 Å². The van der Waals surface area contributed by atoms with Crippen LogP contribution in [0, 0.1) is 12.8 Å². The Labute approximate surface area is 100 Å². The van der Waals surface area contributed by atoms with Crippen LogP contribution in [-0.2, 0) is 0 Å². The van der Waals surface area contributed by atoms with E-state index in [0.717, 1.165) is 29.7 Å². The third-order valence-corrected chi connectivity index (χ3v) is 3.14. The Morgan fingerprint density at radius 2 is 2.20 bits per heavy atom. The molecule has 0 saturated carbocycles. The van der Waals surface area contributed by atoms with Gasteiger partial charge in [0.25, 0.3) is 0 Å². The lowest BCUT2D eigenvalue weighted by Gasteiger charge is -2.11. The van der Waals surface area contributed by atoms with Crippen molar-refractivity contribution in [3.8, 4) is 0 Å². The zero-order chi connectivity index (χ0) is 11.3. The Morgan fingerprint density at radius 3 is 2.80 bits per heavy atom. The molecule has 0 fully saturated rings. The monoisotopic (exact) mass is 270 g/mol. The summed E-state index contributed by atoms with van der Waals surface area (Å²) in [5, 5.41) is 3.40. The number of halogens is 1. The summed E-state index contributed by atoms with van der Waals surface area (Å²) in [4.78, 5) is 0. The maximum Gasteiger partial charge on any atom is 0.0484 e. The van der Waals surface area contributed by atoms with Gasteiger partial charge in [0.1, 0.15) is 0 Å². The molecule has 0 aliphatic rings. The van der Waals surface area contributed by atoms with Crippen molar-refractivity contribution in [1.29, 1.82) is 0 Å². The maximum absolute atomic E-state index is 5.56. The van der Waals surface area contributed by atoms with E-state index in [4.69, 9.17) is 5.73 Å². The Balaban J connectivity index is 2.44. The lowest BCUT2D eigenvalue weighted by molar-refractivity contribution is 0.561. The predicted octanol–water partition coefficient (Wildman–Crippen LogP) is 3.15. The van der Waals surface area contributed by atoms with E-state index in [-0.39, 0.29) is 0 Å². The molecule has 0 amide bonds. The average molecular weight is 271 g/mol. The number of anilines is 1. The van der Waals surface area contributed by atoms with Crippen LogP contribution in [0.25, 0.3) is 0 Å². The Morgan fingerprint density at radius 1 is 1.47 bits per heavy atom. The van der Waals surface area contributed by atoms with Crippen LogP contribution >= 0.6 is 15.9 Å². The first-order valence-electron chi connectivity index (χ1n) is 5.33. The second kappa shape index (κ2) is 6.13. The van der Waals surface area contributed by atoms with Gasteiger partial charge in [0.15, 0.2) is 0 Å². The van der Waals surface area contributed by atoms with E-state index in [1.165, 1.54) is 5.56 Å². The lowest BCUT2D eigenvalue weighted by Crippen LogP contribution is -2.15. The normalized spacial score (nSPS) is 12.5. The van der Waals surface area contributed by atoms with Gasteiger partial charge in [0, 0.05) is 16.7 Å². The molecule has 0 aliphatic heterocycles. The summed E-state index contributed by atoms with van der Waals surface area (Å²) < 4.78 is 1.13. The van der Waals surface area contributed by atoms with E-state index in [1.807, 2.05) is 0 Å². The van der Waals surface area contributed by atoms with E-state index < -0.39 is 0 Å². The largest absolute Gasteiger partial charge is 0.384 e. The molecule has 3 N–H and O–H groups in total. The van der Waals surface area contributed by atoms with E-state index in [9.17, 15) is 0 Å². The van der Waals surface area contributed by atoms with Crippen LogP contribution in [0.15, 0.2) is 22.7 Å². The number of rotatable bonds is 5. The van der Waals surface area contributed by atoms with Gasteiger partial charge in [-0.1, -0.05) is 13.0 Å². The van der Waals surface area contributed by atoms with E-state index >= 15 is 0 Å². The number of aryl methyl sites for hydroxylation is 1. The predicted molar refractivity (Wildman–Crippen MR) is 70.2 cm³/mol. The highest BCUT2D eigenvalue weighted by Crippen LogP contribution is 2.23. The Kier molecular flexibility index (Phi) is 5.12. The minimum Gasteiger partial charge on any atom is -0.384 e. The fourth-order valence-corrected chi connectivity index (χ4v) is 1.97. The van der Waals surface area contributed by atoms with Gasteiger partial charge in [-0.2, -0.15) is 0 Å². The van der Waals surface area contributed by atoms with Gasteiger partial charge in [-0.05, 0) is 59.4 Å². The molecule has 0 bridgehead atoms. The highest BCUT2D eigenvalue weighted by molar-refractivity contribution is 9.10. The molecule has 1 atom stereocenters. The van der Waals surface area contributed by atoms with Crippen molar-refractivity contribution in [2.75, 3.05) is 18.4 Å². The lowest BCUT2D eigenvalue weighted by atomic mass is 10.1. The van der Waals surface area contributed by atoms with Crippen LogP contribution in [-0.4, -0.2) is 13.1 Å². The molecule has 1 aromatic carbocycles. The van der Waals surface area contributed by atoms with E-state index in [2.05, 4.69) is 53.3 Å². The molecule has 0 aromatic heterocycles. The molecule has 84 valence electrons. The molecule has 0 radical (unpaired) electrons. The quantitative estimate of drug-likeness (QED) is 0.863.